The summed E-state index contributed by atoms with van der Waals surface area (Å²) in [6.07, 6.45) is 0.810. The highest BCUT2D eigenvalue weighted by molar-refractivity contribution is 5.99. The molecule has 1 aromatic heterocycles. The molecule has 0 spiro atoms. The van der Waals surface area contributed by atoms with Gasteiger partial charge in [0, 0.05) is 24.4 Å². The van der Waals surface area contributed by atoms with Crippen LogP contribution in [0, 0.1) is 15.9 Å². The van der Waals surface area contributed by atoms with Crippen LogP contribution in [-0.4, -0.2) is 41.0 Å². The van der Waals surface area contributed by atoms with Gasteiger partial charge in [-0.25, -0.2) is 9.97 Å². The monoisotopic (exact) mass is 430 g/mol. The van der Waals surface area contributed by atoms with Crippen molar-refractivity contribution in [2.45, 2.75) is 20.1 Å². The molecule has 1 aliphatic heterocycles. The van der Waals surface area contributed by atoms with Gasteiger partial charge in [-0.05, 0) is 26.0 Å². The van der Waals surface area contributed by atoms with Gasteiger partial charge in [0.15, 0.2) is 17.8 Å². The van der Waals surface area contributed by atoms with Gasteiger partial charge in [0.1, 0.15) is 25.4 Å². The Kier molecular flexibility index (Phi) is 5.67. The average Bonchev–Trinajstić information content (AvgIpc) is 2.75. The summed E-state index contributed by atoms with van der Waals surface area (Å²) in [6, 6.07) is 5.16. The molecule has 0 saturated carbocycles. The smallest absolute Gasteiger partial charge is 0.306 e. The number of aromatic nitrogens is 2. The van der Waals surface area contributed by atoms with E-state index in [2.05, 4.69) is 15.3 Å². The molecule has 0 aliphatic carbocycles. The lowest BCUT2D eigenvalue weighted by atomic mass is 10.1. The minimum Gasteiger partial charge on any atom is -0.485 e. The molecule has 1 N–H and O–H groups in total. The van der Waals surface area contributed by atoms with Crippen LogP contribution in [0.25, 0.3) is 10.9 Å². The normalized spacial score (nSPS) is 13.6. The predicted octanol–water partition coefficient (Wildman–Crippen LogP) is 3.95. The van der Waals surface area contributed by atoms with Crippen LogP contribution in [0.5, 0.6) is 17.2 Å². The molecule has 11 heteroatoms. The Balaban J connectivity index is 1.79. The lowest BCUT2D eigenvalue weighted by Gasteiger charge is -2.24. The van der Waals surface area contributed by atoms with Crippen molar-refractivity contribution in [1.82, 2.24) is 9.97 Å². The van der Waals surface area contributed by atoms with Crippen molar-refractivity contribution >= 4 is 28.1 Å². The molecule has 1 atom stereocenters. The third-order valence-corrected chi connectivity index (χ3v) is 4.48. The molecule has 1 unspecified atom stereocenters. The Morgan fingerprint density at radius 1 is 1.26 bits per heavy atom. The van der Waals surface area contributed by atoms with Crippen molar-refractivity contribution in [3.05, 3.63) is 46.5 Å². The van der Waals surface area contributed by atoms with E-state index in [0.29, 0.717) is 53.8 Å². The molecule has 162 valence electrons. The number of nitro benzene ring substituents is 1. The molecular weight excluding hydrogens is 411 g/mol. The number of fused-ring (bicyclic) bond motifs is 3. The summed E-state index contributed by atoms with van der Waals surface area (Å²) in [5.74, 6) is 0.556. The summed E-state index contributed by atoms with van der Waals surface area (Å²) in [7, 11) is 0. The number of ether oxygens (including phenoxy) is 4. The number of anilines is 2. The highest BCUT2D eigenvalue weighted by Crippen LogP contribution is 2.47. The SMILES string of the molecule is CCOC(C)Oc1cc2ncnc(Nc3ccc(F)c([N+](=O)[O-])c3)c2c2c1OCCO2. The predicted molar refractivity (Wildman–Crippen MR) is 109 cm³/mol. The average molecular weight is 430 g/mol. The maximum atomic E-state index is 13.7. The minimum atomic E-state index is -0.928. The van der Waals surface area contributed by atoms with E-state index in [1.165, 1.54) is 12.4 Å². The van der Waals surface area contributed by atoms with Gasteiger partial charge in [0.25, 0.3) is 0 Å². The second-order valence-electron chi connectivity index (χ2n) is 6.54. The number of nitrogens with one attached hydrogen (secondary N) is 1. The first kappa shape index (κ1) is 20.5. The zero-order chi connectivity index (χ0) is 22.0. The van der Waals surface area contributed by atoms with Crippen molar-refractivity contribution in [2.24, 2.45) is 0 Å². The molecule has 0 amide bonds. The second-order valence-corrected chi connectivity index (χ2v) is 6.54. The fourth-order valence-corrected chi connectivity index (χ4v) is 3.21. The van der Waals surface area contributed by atoms with Crippen LogP contribution in [0.3, 0.4) is 0 Å². The number of rotatable bonds is 7. The third-order valence-electron chi connectivity index (χ3n) is 4.48. The summed E-state index contributed by atoms with van der Waals surface area (Å²) < 4.78 is 36.6. The van der Waals surface area contributed by atoms with E-state index in [-0.39, 0.29) is 5.69 Å². The first-order chi connectivity index (χ1) is 15.0. The number of halogens is 1. The first-order valence-electron chi connectivity index (χ1n) is 9.54. The summed E-state index contributed by atoms with van der Waals surface area (Å²) in [4.78, 5) is 18.8. The lowest BCUT2D eigenvalue weighted by Crippen LogP contribution is -2.20. The first-order valence-corrected chi connectivity index (χ1v) is 9.54. The van der Waals surface area contributed by atoms with Gasteiger partial charge in [-0.2, -0.15) is 4.39 Å². The summed E-state index contributed by atoms with van der Waals surface area (Å²) in [6.45, 7) is 4.74. The van der Waals surface area contributed by atoms with Crippen LogP contribution < -0.4 is 19.5 Å². The van der Waals surface area contributed by atoms with Gasteiger partial charge in [0.2, 0.25) is 11.6 Å². The Morgan fingerprint density at radius 3 is 2.77 bits per heavy atom. The van der Waals surface area contributed by atoms with Gasteiger partial charge in [-0.3, -0.25) is 10.1 Å². The van der Waals surface area contributed by atoms with Crippen molar-refractivity contribution in [2.75, 3.05) is 25.1 Å². The van der Waals surface area contributed by atoms with Crippen molar-refractivity contribution in [3.63, 3.8) is 0 Å². The largest absolute Gasteiger partial charge is 0.485 e. The molecule has 0 saturated heterocycles. The molecule has 0 radical (unpaired) electrons. The van der Waals surface area contributed by atoms with E-state index >= 15 is 0 Å². The van der Waals surface area contributed by atoms with E-state index < -0.39 is 22.7 Å². The lowest BCUT2D eigenvalue weighted by molar-refractivity contribution is -0.387. The van der Waals surface area contributed by atoms with Gasteiger partial charge in [0.05, 0.1) is 15.8 Å². The Hall–Kier alpha value is -3.73. The van der Waals surface area contributed by atoms with Crippen LogP contribution in [0.1, 0.15) is 13.8 Å². The quantitative estimate of drug-likeness (QED) is 0.338. The molecular formula is C20H19FN4O6. The van der Waals surface area contributed by atoms with Crippen LogP contribution in [0.2, 0.25) is 0 Å². The van der Waals surface area contributed by atoms with Gasteiger partial charge in [-0.15, -0.1) is 0 Å². The molecule has 0 fully saturated rings. The second kappa shape index (κ2) is 8.56. The zero-order valence-corrected chi connectivity index (χ0v) is 16.8. The number of hydrogen-bond acceptors (Lipinski definition) is 9. The van der Waals surface area contributed by atoms with E-state index in [4.69, 9.17) is 18.9 Å². The maximum Gasteiger partial charge on any atom is 0.306 e. The number of hydrogen-bond donors (Lipinski definition) is 1. The molecule has 3 aromatic rings. The number of nitro groups is 1. The van der Waals surface area contributed by atoms with Gasteiger partial charge in [-0.1, -0.05) is 0 Å². The van der Waals surface area contributed by atoms with E-state index in [0.717, 1.165) is 12.1 Å². The Morgan fingerprint density at radius 2 is 2.03 bits per heavy atom. The zero-order valence-electron chi connectivity index (χ0n) is 16.8. The molecule has 4 rings (SSSR count). The topological polar surface area (TPSA) is 118 Å². The van der Waals surface area contributed by atoms with E-state index in [9.17, 15) is 14.5 Å². The molecule has 1 aliphatic rings. The summed E-state index contributed by atoms with van der Waals surface area (Å²) in [5, 5.41) is 14.5. The highest BCUT2D eigenvalue weighted by atomic mass is 19.1. The number of nitrogens with zero attached hydrogens (tertiary/aromatic N) is 3. The van der Waals surface area contributed by atoms with Crippen LogP contribution in [-0.2, 0) is 4.74 Å². The number of benzene rings is 2. The molecule has 2 aromatic carbocycles. The van der Waals surface area contributed by atoms with Crippen LogP contribution in [0.15, 0.2) is 30.6 Å². The maximum absolute atomic E-state index is 13.7. The van der Waals surface area contributed by atoms with E-state index in [1.807, 2.05) is 6.92 Å². The highest BCUT2D eigenvalue weighted by Gasteiger charge is 2.26. The molecule has 10 nitrogen and oxygen atoms in total. The molecule has 0 bridgehead atoms. The van der Waals surface area contributed by atoms with Gasteiger partial charge < -0.3 is 24.3 Å². The van der Waals surface area contributed by atoms with E-state index in [1.54, 1.807) is 13.0 Å². The molecule has 31 heavy (non-hydrogen) atoms. The van der Waals surface area contributed by atoms with Crippen LogP contribution in [0.4, 0.5) is 21.6 Å². The third kappa shape index (κ3) is 4.12. The van der Waals surface area contributed by atoms with Crippen molar-refractivity contribution in [1.29, 1.82) is 0 Å². The minimum absolute atomic E-state index is 0.281. The molecule has 2 heterocycles. The summed E-state index contributed by atoms with van der Waals surface area (Å²) >= 11 is 0. The Labute approximate surface area is 176 Å². The fraction of sp³-hybridized carbons (Fsp3) is 0.300. The standard InChI is InChI=1S/C20H19FN4O6/c1-3-28-11(2)31-16-9-14-17(19-18(16)29-6-7-30-19)20(23-10-22-14)24-12-4-5-13(21)15(8-12)25(26)27/h4-5,8-11H,3,6-7H2,1-2H3,(H,22,23,24). The van der Waals surface area contributed by atoms with Crippen LogP contribution >= 0.6 is 0 Å². The summed E-state index contributed by atoms with van der Waals surface area (Å²) in [5.41, 5.74) is 0.131. The van der Waals surface area contributed by atoms with Crippen molar-refractivity contribution < 1.29 is 28.3 Å². The fourth-order valence-electron chi connectivity index (χ4n) is 3.21. The van der Waals surface area contributed by atoms with Crippen molar-refractivity contribution in [3.8, 4) is 17.2 Å². The Bertz CT molecular complexity index is 1140. The van der Waals surface area contributed by atoms with Gasteiger partial charge >= 0.3 is 5.69 Å².